The summed E-state index contributed by atoms with van der Waals surface area (Å²) in [5.41, 5.74) is 0. The minimum atomic E-state index is 0.723. The lowest BCUT2D eigenvalue weighted by Crippen LogP contribution is -2.37. The van der Waals surface area contributed by atoms with Crippen LogP contribution in [0.5, 0.6) is 0 Å². The molecule has 0 spiro atoms. The number of hydrogen-bond donors (Lipinski definition) is 1. The quantitative estimate of drug-likeness (QED) is 0.827. The molecule has 1 atom stereocenters. The van der Waals surface area contributed by atoms with Gasteiger partial charge in [-0.25, -0.2) is 0 Å². The first-order valence-electron chi connectivity index (χ1n) is 6.29. The summed E-state index contributed by atoms with van der Waals surface area (Å²) in [6.07, 6.45) is 2.68. The van der Waals surface area contributed by atoms with Crippen LogP contribution in [0.3, 0.4) is 0 Å². The molecule has 3 heteroatoms. The summed E-state index contributed by atoms with van der Waals surface area (Å²) in [6.45, 7) is 8.60. The summed E-state index contributed by atoms with van der Waals surface area (Å²) in [4.78, 5) is 2.56. The van der Waals surface area contributed by atoms with E-state index in [1.54, 1.807) is 0 Å². The Labute approximate surface area is 97.8 Å². The van der Waals surface area contributed by atoms with Gasteiger partial charge in [-0.2, -0.15) is 0 Å². The number of aryl methyl sites for hydroxylation is 1. The van der Waals surface area contributed by atoms with Gasteiger partial charge >= 0.3 is 0 Å². The highest BCUT2D eigenvalue weighted by Crippen LogP contribution is 2.15. The predicted octanol–water partition coefficient (Wildman–Crippen LogP) is 2.16. The van der Waals surface area contributed by atoms with E-state index in [4.69, 9.17) is 4.42 Å². The van der Waals surface area contributed by atoms with Crippen LogP contribution in [-0.4, -0.2) is 30.6 Å². The highest BCUT2D eigenvalue weighted by atomic mass is 16.3. The average Bonchev–Trinajstić information content (AvgIpc) is 2.87. The zero-order valence-corrected chi connectivity index (χ0v) is 10.3. The largest absolute Gasteiger partial charge is 0.465 e. The van der Waals surface area contributed by atoms with Crippen LogP contribution in [0.4, 0.5) is 0 Å². The van der Waals surface area contributed by atoms with Crippen molar-refractivity contribution >= 4 is 0 Å². The molecule has 1 aromatic heterocycles. The van der Waals surface area contributed by atoms with E-state index >= 15 is 0 Å². The third-order valence-corrected chi connectivity index (χ3v) is 3.38. The van der Waals surface area contributed by atoms with Gasteiger partial charge in [-0.05, 0) is 45.0 Å². The van der Waals surface area contributed by atoms with Gasteiger partial charge in [-0.3, -0.25) is 4.90 Å². The smallest absolute Gasteiger partial charge is 0.117 e. The molecule has 0 aliphatic carbocycles. The normalized spacial score (nSPS) is 21.8. The molecular formula is C13H22N2O. The van der Waals surface area contributed by atoms with Gasteiger partial charge in [0.2, 0.25) is 0 Å². The fraction of sp³-hybridized carbons (Fsp3) is 0.692. The SMILES string of the molecule is CCN1CCCC1CNCc1ccc(C)o1. The molecule has 0 radical (unpaired) electrons. The first-order chi connectivity index (χ1) is 7.79. The molecule has 2 heterocycles. The van der Waals surface area contributed by atoms with Crippen LogP contribution in [0.1, 0.15) is 31.3 Å². The van der Waals surface area contributed by atoms with E-state index in [-0.39, 0.29) is 0 Å². The Morgan fingerprint density at radius 2 is 2.38 bits per heavy atom. The zero-order chi connectivity index (χ0) is 11.4. The molecule has 90 valence electrons. The summed E-state index contributed by atoms with van der Waals surface area (Å²) in [7, 11) is 0. The highest BCUT2D eigenvalue weighted by Gasteiger charge is 2.22. The number of rotatable bonds is 5. The first-order valence-corrected chi connectivity index (χ1v) is 6.29. The molecule has 1 aliphatic rings. The van der Waals surface area contributed by atoms with E-state index in [0.29, 0.717) is 0 Å². The van der Waals surface area contributed by atoms with Crippen molar-refractivity contribution < 1.29 is 4.42 Å². The molecule has 0 bridgehead atoms. The summed E-state index contributed by atoms with van der Waals surface area (Å²) in [5.74, 6) is 2.03. The first kappa shape index (κ1) is 11.7. The second-order valence-electron chi connectivity index (χ2n) is 4.57. The molecular weight excluding hydrogens is 200 g/mol. The second kappa shape index (κ2) is 5.51. The van der Waals surface area contributed by atoms with Crippen molar-refractivity contribution in [3.05, 3.63) is 23.7 Å². The van der Waals surface area contributed by atoms with Crippen LogP contribution < -0.4 is 5.32 Å². The van der Waals surface area contributed by atoms with Crippen molar-refractivity contribution in [2.24, 2.45) is 0 Å². The molecule has 1 aliphatic heterocycles. The van der Waals surface area contributed by atoms with Gasteiger partial charge in [-0.1, -0.05) is 6.92 Å². The monoisotopic (exact) mass is 222 g/mol. The number of nitrogens with one attached hydrogen (secondary N) is 1. The summed E-state index contributed by atoms with van der Waals surface area (Å²) >= 11 is 0. The van der Waals surface area contributed by atoms with Crippen LogP contribution in [0.15, 0.2) is 16.5 Å². The Bertz CT molecular complexity index is 321. The lowest BCUT2D eigenvalue weighted by Gasteiger charge is -2.22. The van der Waals surface area contributed by atoms with Crippen LogP contribution in [0, 0.1) is 6.92 Å². The van der Waals surface area contributed by atoms with Crippen molar-refractivity contribution in [3.63, 3.8) is 0 Å². The van der Waals surface area contributed by atoms with Crippen molar-refractivity contribution in [1.82, 2.24) is 10.2 Å². The Morgan fingerprint density at radius 3 is 3.06 bits per heavy atom. The minimum absolute atomic E-state index is 0.723. The fourth-order valence-corrected chi connectivity index (χ4v) is 2.48. The summed E-state index contributed by atoms with van der Waals surface area (Å²) in [5, 5.41) is 3.49. The number of furan rings is 1. The molecule has 1 fully saturated rings. The van der Waals surface area contributed by atoms with Crippen LogP contribution >= 0.6 is 0 Å². The van der Waals surface area contributed by atoms with E-state index in [1.807, 2.05) is 13.0 Å². The fourth-order valence-electron chi connectivity index (χ4n) is 2.48. The Hall–Kier alpha value is -0.800. The van der Waals surface area contributed by atoms with Gasteiger partial charge in [0.15, 0.2) is 0 Å². The molecule has 1 saturated heterocycles. The van der Waals surface area contributed by atoms with Crippen LogP contribution in [-0.2, 0) is 6.54 Å². The van der Waals surface area contributed by atoms with Crippen LogP contribution in [0.25, 0.3) is 0 Å². The highest BCUT2D eigenvalue weighted by molar-refractivity contribution is 5.05. The van der Waals surface area contributed by atoms with Gasteiger partial charge in [0.25, 0.3) is 0 Å². The minimum Gasteiger partial charge on any atom is -0.465 e. The van der Waals surface area contributed by atoms with E-state index in [1.165, 1.54) is 25.9 Å². The number of nitrogens with zero attached hydrogens (tertiary/aromatic N) is 1. The lowest BCUT2D eigenvalue weighted by molar-refractivity contribution is 0.258. The van der Waals surface area contributed by atoms with E-state index in [2.05, 4.69) is 23.2 Å². The van der Waals surface area contributed by atoms with E-state index < -0.39 is 0 Å². The maximum atomic E-state index is 5.53. The van der Waals surface area contributed by atoms with Crippen molar-refractivity contribution in [2.45, 2.75) is 39.3 Å². The van der Waals surface area contributed by atoms with Gasteiger partial charge in [0.05, 0.1) is 6.54 Å². The molecule has 1 unspecified atom stereocenters. The van der Waals surface area contributed by atoms with Crippen molar-refractivity contribution in [3.8, 4) is 0 Å². The zero-order valence-electron chi connectivity index (χ0n) is 10.3. The maximum Gasteiger partial charge on any atom is 0.117 e. The van der Waals surface area contributed by atoms with E-state index in [0.717, 1.165) is 30.7 Å². The molecule has 0 aromatic carbocycles. The van der Waals surface area contributed by atoms with Crippen LogP contribution in [0.2, 0.25) is 0 Å². The summed E-state index contributed by atoms with van der Waals surface area (Å²) in [6, 6.07) is 4.79. The molecule has 2 rings (SSSR count). The topological polar surface area (TPSA) is 28.4 Å². The second-order valence-corrected chi connectivity index (χ2v) is 4.57. The molecule has 1 N–H and O–H groups in total. The number of hydrogen-bond acceptors (Lipinski definition) is 3. The maximum absolute atomic E-state index is 5.53. The number of likely N-dealkylation sites (tertiary alicyclic amines) is 1. The Morgan fingerprint density at radius 1 is 1.50 bits per heavy atom. The molecule has 16 heavy (non-hydrogen) atoms. The number of likely N-dealkylation sites (N-methyl/N-ethyl adjacent to an activating group) is 1. The molecule has 3 nitrogen and oxygen atoms in total. The third kappa shape index (κ3) is 2.86. The van der Waals surface area contributed by atoms with Gasteiger partial charge in [0, 0.05) is 12.6 Å². The lowest BCUT2D eigenvalue weighted by atomic mass is 10.2. The van der Waals surface area contributed by atoms with Gasteiger partial charge in [0.1, 0.15) is 11.5 Å². The third-order valence-electron chi connectivity index (χ3n) is 3.38. The van der Waals surface area contributed by atoms with E-state index in [9.17, 15) is 0 Å². The van der Waals surface area contributed by atoms with Crippen molar-refractivity contribution in [1.29, 1.82) is 0 Å². The van der Waals surface area contributed by atoms with Gasteiger partial charge < -0.3 is 9.73 Å². The Kier molecular flexibility index (Phi) is 4.02. The summed E-state index contributed by atoms with van der Waals surface area (Å²) < 4.78 is 5.53. The Balaban J connectivity index is 1.71. The van der Waals surface area contributed by atoms with Gasteiger partial charge in [-0.15, -0.1) is 0 Å². The molecule has 0 amide bonds. The van der Waals surface area contributed by atoms with Crippen molar-refractivity contribution in [2.75, 3.05) is 19.6 Å². The standard InChI is InChI=1S/C13H22N2O/c1-3-15-8-4-5-12(15)9-14-10-13-7-6-11(2)16-13/h6-7,12,14H,3-5,8-10H2,1-2H3. The average molecular weight is 222 g/mol. The molecule has 0 saturated carbocycles. The molecule has 1 aromatic rings. The predicted molar refractivity (Wildman–Crippen MR) is 65.4 cm³/mol.